The lowest BCUT2D eigenvalue weighted by atomic mass is 9.98. The Hall–Kier alpha value is -3.56. The molecule has 4 aromatic rings. The molecule has 0 saturated carbocycles. The number of fused-ring (bicyclic) bond motifs is 2. The molecule has 1 aliphatic rings. The Kier molecular flexibility index (Phi) is 4.16. The summed E-state index contributed by atoms with van der Waals surface area (Å²) < 4.78 is 5.80. The highest BCUT2D eigenvalue weighted by molar-refractivity contribution is 7.13. The number of amides is 1. The van der Waals surface area contributed by atoms with Gasteiger partial charge in [0.15, 0.2) is 10.6 Å². The number of benzene rings is 2. The van der Waals surface area contributed by atoms with Crippen molar-refractivity contribution in [3.63, 3.8) is 0 Å². The third kappa shape index (κ3) is 2.71. The zero-order valence-corrected chi connectivity index (χ0v) is 16.5. The van der Waals surface area contributed by atoms with Gasteiger partial charge in [0.1, 0.15) is 5.58 Å². The monoisotopic (exact) mass is 439 g/mol. The van der Waals surface area contributed by atoms with Crippen molar-refractivity contribution in [2.24, 2.45) is 0 Å². The normalized spacial score (nSPS) is 15.6. The summed E-state index contributed by atoms with van der Waals surface area (Å²) in [4.78, 5) is 42.9. The van der Waals surface area contributed by atoms with Crippen molar-refractivity contribution in [2.45, 2.75) is 6.04 Å². The van der Waals surface area contributed by atoms with Crippen LogP contribution in [0.25, 0.3) is 11.0 Å². The van der Waals surface area contributed by atoms with Crippen LogP contribution in [0.5, 0.6) is 0 Å². The minimum Gasteiger partial charge on any atom is -0.450 e. The van der Waals surface area contributed by atoms with Crippen molar-refractivity contribution in [3.05, 3.63) is 96.3 Å². The number of hydrogen-bond donors (Lipinski definition) is 0. The van der Waals surface area contributed by atoms with Crippen LogP contribution in [0.4, 0.5) is 10.8 Å². The molecule has 148 valence electrons. The molecule has 0 radical (unpaired) electrons. The molecule has 1 amide bonds. The number of nitrogens with zero attached hydrogens (tertiary/aromatic N) is 3. The number of hydrogen-bond acceptors (Lipinski definition) is 7. The topological polar surface area (TPSA) is 107 Å². The maximum absolute atomic E-state index is 13.4. The van der Waals surface area contributed by atoms with Gasteiger partial charge in [0.25, 0.3) is 11.6 Å². The van der Waals surface area contributed by atoms with Crippen LogP contribution < -0.4 is 10.3 Å². The minimum atomic E-state index is -0.918. The van der Waals surface area contributed by atoms with Gasteiger partial charge < -0.3 is 4.42 Å². The summed E-state index contributed by atoms with van der Waals surface area (Å²) in [5.74, 6) is -0.646. The van der Waals surface area contributed by atoms with Crippen molar-refractivity contribution >= 4 is 50.6 Å². The molecule has 0 bridgehead atoms. The van der Waals surface area contributed by atoms with Crippen molar-refractivity contribution < 1.29 is 14.1 Å². The quantitative estimate of drug-likeness (QED) is 0.342. The number of carbonyl (C=O) groups excluding carboxylic acids is 1. The Morgan fingerprint density at radius 2 is 2.03 bits per heavy atom. The third-order valence-corrected chi connectivity index (χ3v) is 5.86. The summed E-state index contributed by atoms with van der Waals surface area (Å²) in [6, 6.07) is 9.48. The van der Waals surface area contributed by atoms with E-state index in [9.17, 15) is 19.7 Å². The molecule has 2 aromatic heterocycles. The fourth-order valence-electron chi connectivity index (χ4n) is 3.60. The molecular formula is C20H10ClN3O5S. The van der Waals surface area contributed by atoms with Crippen LogP contribution in [-0.4, -0.2) is 15.8 Å². The standard InChI is InChI=1S/C20H10ClN3O5S/c21-11-4-5-14-13(9-11)17(25)15-16(10-2-1-3-12(8-10)24(27)28)23(19(26)18(15)29-14)20-22-6-7-30-20/h1-9,16H. The molecule has 5 rings (SSSR count). The molecule has 1 unspecified atom stereocenters. The second-order valence-corrected chi connectivity index (χ2v) is 7.87. The summed E-state index contributed by atoms with van der Waals surface area (Å²) >= 11 is 7.26. The molecule has 1 aliphatic heterocycles. The van der Waals surface area contributed by atoms with Crippen molar-refractivity contribution in [1.29, 1.82) is 0 Å². The average Bonchev–Trinajstić information content (AvgIpc) is 3.35. The lowest BCUT2D eigenvalue weighted by Crippen LogP contribution is -2.29. The van der Waals surface area contributed by atoms with Crippen molar-refractivity contribution in [2.75, 3.05) is 4.90 Å². The van der Waals surface area contributed by atoms with Crippen LogP contribution in [0.3, 0.4) is 0 Å². The molecule has 0 N–H and O–H groups in total. The Bertz CT molecular complexity index is 1400. The first-order valence-corrected chi connectivity index (χ1v) is 9.95. The third-order valence-electron chi connectivity index (χ3n) is 4.85. The van der Waals surface area contributed by atoms with E-state index in [0.29, 0.717) is 15.7 Å². The van der Waals surface area contributed by atoms with Crippen LogP contribution in [0.1, 0.15) is 27.7 Å². The van der Waals surface area contributed by atoms with Crippen LogP contribution >= 0.6 is 22.9 Å². The fraction of sp³-hybridized carbons (Fsp3) is 0.0500. The van der Waals surface area contributed by atoms with E-state index in [-0.39, 0.29) is 28.0 Å². The van der Waals surface area contributed by atoms with Crippen molar-refractivity contribution in [3.8, 4) is 0 Å². The Morgan fingerprint density at radius 1 is 1.20 bits per heavy atom. The number of aromatic nitrogens is 1. The van der Waals surface area contributed by atoms with E-state index in [0.717, 1.165) is 0 Å². The molecule has 3 heterocycles. The van der Waals surface area contributed by atoms with Gasteiger partial charge in [-0.15, -0.1) is 11.3 Å². The van der Waals surface area contributed by atoms with E-state index in [1.165, 1.54) is 52.8 Å². The molecule has 2 aromatic carbocycles. The van der Waals surface area contributed by atoms with Gasteiger partial charge in [-0.1, -0.05) is 23.7 Å². The second-order valence-electron chi connectivity index (χ2n) is 6.56. The number of carbonyl (C=O) groups is 1. The number of anilines is 1. The van der Waals surface area contributed by atoms with E-state index >= 15 is 0 Å². The van der Waals surface area contributed by atoms with Gasteiger partial charge in [-0.25, -0.2) is 4.98 Å². The van der Waals surface area contributed by atoms with Gasteiger partial charge in [0, 0.05) is 28.7 Å². The largest absolute Gasteiger partial charge is 0.450 e. The Balaban J connectivity index is 1.83. The lowest BCUT2D eigenvalue weighted by Gasteiger charge is -2.22. The molecule has 10 heteroatoms. The lowest BCUT2D eigenvalue weighted by molar-refractivity contribution is -0.384. The van der Waals surface area contributed by atoms with Gasteiger partial charge in [-0.3, -0.25) is 24.6 Å². The van der Waals surface area contributed by atoms with E-state index in [1.807, 2.05) is 0 Å². The Labute approximate surface area is 177 Å². The van der Waals surface area contributed by atoms with Crippen LogP contribution in [0, 0.1) is 10.1 Å². The van der Waals surface area contributed by atoms with E-state index < -0.39 is 22.3 Å². The van der Waals surface area contributed by atoms with Gasteiger partial charge in [0.2, 0.25) is 5.76 Å². The van der Waals surface area contributed by atoms with Crippen LogP contribution in [-0.2, 0) is 0 Å². The maximum atomic E-state index is 13.4. The van der Waals surface area contributed by atoms with Gasteiger partial charge in [0.05, 0.1) is 21.9 Å². The number of nitro benzene ring substituents is 1. The zero-order chi connectivity index (χ0) is 21.0. The molecule has 0 spiro atoms. The summed E-state index contributed by atoms with van der Waals surface area (Å²) in [5.41, 5.74) is 0.166. The number of non-ortho nitro benzene ring substituents is 1. The van der Waals surface area contributed by atoms with Crippen LogP contribution in [0.2, 0.25) is 5.02 Å². The summed E-state index contributed by atoms with van der Waals surface area (Å²) in [6.45, 7) is 0. The summed E-state index contributed by atoms with van der Waals surface area (Å²) in [6.07, 6.45) is 1.53. The van der Waals surface area contributed by atoms with Gasteiger partial charge >= 0.3 is 0 Å². The highest BCUT2D eigenvalue weighted by atomic mass is 35.5. The number of rotatable bonds is 3. The predicted molar refractivity (Wildman–Crippen MR) is 111 cm³/mol. The smallest absolute Gasteiger partial charge is 0.297 e. The average molecular weight is 440 g/mol. The minimum absolute atomic E-state index is 0.102. The Morgan fingerprint density at radius 3 is 2.77 bits per heavy atom. The molecule has 1 atom stereocenters. The number of nitro groups is 1. The summed E-state index contributed by atoms with van der Waals surface area (Å²) in [5, 5.41) is 13.9. The molecular weight excluding hydrogens is 430 g/mol. The summed E-state index contributed by atoms with van der Waals surface area (Å²) in [7, 11) is 0. The molecule has 30 heavy (non-hydrogen) atoms. The zero-order valence-electron chi connectivity index (χ0n) is 14.9. The SMILES string of the molecule is O=C1c2oc3ccc(Cl)cc3c(=O)c2C(c2cccc([N+](=O)[O-])c2)N1c1nccs1. The fourth-order valence-corrected chi connectivity index (χ4v) is 4.44. The highest BCUT2D eigenvalue weighted by Crippen LogP contribution is 2.42. The first-order chi connectivity index (χ1) is 14.5. The van der Waals surface area contributed by atoms with E-state index in [4.69, 9.17) is 16.0 Å². The maximum Gasteiger partial charge on any atom is 0.297 e. The van der Waals surface area contributed by atoms with E-state index in [1.54, 1.807) is 17.5 Å². The number of halogens is 1. The molecule has 0 aliphatic carbocycles. The van der Waals surface area contributed by atoms with Crippen molar-refractivity contribution in [1.82, 2.24) is 4.98 Å². The second kappa shape index (κ2) is 6.75. The first-order valence-electron chi connectivity index (χ1n) is 8.69. The molecule has 8 nitrogen and oxygen atoms in total. The highest BCUT2D eigenvalue weighted by Gasteiger charge is 2.45. The predicted octanol–water partition coefficient (Wildman–Crippen LogP) is 4.56. The van der Waals surface area contributed by atoms with E-state index in [2.05, 4.69) is 4.98 Å². The number of thiazole rings is 1. The molecule has 0 saturated heterocycles. The van der Waals surface area contributed by atoms with Crippen LogP contribution in [0.15, 0.2) is 63.3 Å². The first kappa shape index (κ1) is 18.5. The molecule has 0 fully saturated rings. The van der Waals surface area contributed by atoms with Gasteiger partial charge in [-0.05, 0) is 23.8 Å². The van der Waals surface area contributed by atoms with Gasteiger partial charge in [-0.2, -0.15) is 0 Å².